The highest BCUT2D eigenvalue weighted by Gasteiger charge is 2.64. The molecule has 1 aromatic carbocycles. The van der Waals surface area contributed by atoms with Gasteiger partial charge in [0, 0.05) is 40.5 Å². The van der Waals surface area contributed by atoms with Gasteiger partial charge in [-0.25, -0.2) is 9.59 Å². The molecule has 4 bridgehead atoms. The molecule has 3 amide bonds. The van der Waals surface area contributed by atoms with Crippen LogP contribution in [0.5, 0.6) is 5.75 Å². The normalized spacial score (nSPS) is 32.5. The molecular weight excluding hydrogens is 681 g/mol. The summed E-state index contributed by atoms with van der Waals surface area (Å²) in [6.45, 7) is 8.29. The molecule has 0 aliphatic carbocycles. The lowest BCUT2D eigenvalue weighted by molar-refractivity contribution is -0.161. The maximum atomic E-state index is 14.0. The van der Waals surface area contributed by atoms with Crippen molar-refractivity contribution in [3.8, 4) is 5.75 Å². The minimum atomic E-state index is -1.81. The fourth-order valence-electron chi connectivity index (χ4n) is 6.27. The van der Waals surface area contributed by atoms with Crippen LogP contribution in [0.1, 0.15) is 54.5 Å². The van der Waals surface area contributed by atoms with Crippen LogP contribution in [0.3, 0.4) is 0 Å². The number of aliphatic hydroxyl groups is 1. The van der Waals surface area contributed by atoms with Crippen molar-refractivity contribution < 1.29 is 61.8 Å². The number of carbonyl (C=O) groups excluding carboxylic acids is 4. The van der Waals surface area contributed by atoms with E-state index in [1.54, 1.807) is 45.2 Å². The van der Waals surface area contributed by atoms with Gasteiger partial charge in [-0.1, -0.05) is 42.3 Å². The van der Waals surface area contributed by atoms with Crippen LogP contribution in [-0.2, 0) is 39.8 Å². The number of benzene rings is 1. The molecule has 272 valence electrons. The number of ether oxygens (including phenoxy) is 5. The number of nitrogens with one attached hydrogen (secondary N) is 1. The molecule has 0 aromatic heterocycles. The highest BCUT2D eigenvalue weighted by atomic mass is 35.5. The van der Waals surface area contributed by atoms with E-state index < -0.39 is 65.7 Å². The number of hydrogen-bond donors (Lipinski definition) is 2. The Kier molecular flexibility index (Phi) is 12.8. The molecule has 49 heavy (non-hydrogen) atoms. The van der Waals surface area contributed by atoms with E-state index in [4.69, 9.17) is 35.3 Å². The van der Waals surface area contributed by atoms with Crippen LogP contribution >= 0.6 is 11.6 Å². The monoisotopic (exact) mass is 727 g/mol. The maximum absolute atomic E-state index is 14.0. The Bertz CT molecular complexity index is 1510. The zero-order valence-electron chi connectivity index (χ0n) is 30.2. The highest BCUT2D eigenvalue weighted by Crippen LogP contribution is 2.49. The van der Waals surface area contributed by atoms with E-state index in [0.717, 1.165) is 11.1 Å². The van der Waals surface area contributed by atoms with Crippen LogP contribution < -0.4 is 27.4 Å². The number of hydrogen-bond acceptors (Lipinski definition) is 10. The molecule has 8 atom stereocenters. The molecular formula is C34H47Cl2N3O10. The first-order valence-electron chi connectivity index (χ1n) is 15.8. The minimum absolute atomic E-state index is 0. The van der Waals surface area contributed by atoms with Gasteiger partial charge in [0.25, 0.3) is 0 Å². The Labute approximate surface area is 299 Å². The molecule has 0 saturated carbocycles. The van der Waals surface area contributed by atoms with Crippen molar-refractivity contribution in [3.05, 3.63) is 46.5 Å². The molecule has 15 heteroatoms. The number of epoxide rings is 1. The SMILES string of the molecule is COc1cc2cc(c1Cl)N(C)C(=O)C[C@H](OC(=O)[C@H](C)N(C)C(C)=O)[C@]1(C)O[C@H]1[C@H](C)[C@@H]1C[C@@](O)(NC(=O)O1)[C@H](OC)/C=C\C=C(\C)C2.[Cl-].[H+]. The fraction of sp³-hybridized carbons (Fsp3) is 0.588. The van der Waals surface area contributed by atoms with Crippen molar-refractivity contribution in [2.75, 3.05) is 33.2 Å². The third-order valence-electron chi connectivity index (χ3n) is 9.63. The molecule has 0 unspecified atom stereocenters. The number of halogens is 2. The van der Waals surface area contributed by atoms with Gasteiger partial charge in [-0.05, 0) is 44.9 Å². The molecule has 3 aliphatic rings. The summed E-state index contributed by atoms with van der Waals surface area (Å²) in [4.78, 5) is 54.7. The van der Waals surface area contributed by atoms with Crippen LogP contribution in [0.15, 0.2) is 35.9 Å². The van der Waals surface area contributed by atoms with Crippen molar-refractivity contribution in [2.45, 2.75) is 95.7 Å². The molecule has 2 fully saturated rings. The van der Waals surface area contributed by atoms with Crippen LogP contribution in [0.2, 0.25) is 5.02 Å². The number of amides is 3. The maximum Gasteiger partial charge on any atom is 1.00 e. The molecule has 4 rings (SSSR count). The van der Waals surface area contributed by atoms with Gasteiger partial charge < -0.3 is 51.0 Å². The second-order valence-corrected chi connectivity index (χ2v) is 13.4. The number of anilines is 1. The van der Waals surface area contributed by atoms with Gasteiger partial charge in [-0.15, -0.1) is 0 Å². The van der Waals surface area contributed by atoms with Crippen LogP contribution in [0.4, 0.5) is 10.5 Å². The summed E-state index contributed by atoms with van der Waals surface area (Å²) >= 11 is 6.71. The predicted molar refractivity (Wildman–Crippen MR) is 178 cm³/mol. The average molecular weight is 729 g/mol. The van der Waals surface area contributed by atoms with E-state index in [-0.39, 0.29) is 37.6 Å². The highest BCUT2D eigenvalue weighted by molar-refractivity contribution is 6.35. The zero-order chi connectivity index (χ0) is 35.7. The molecule has 2 N–H and O–H groups in total. The molecule has 0 spiro atoms. The van der Waals surface area contributed by atoms with Crippen molar-refractivity contribution in [2.24, 2.45) is 5.92 Å². The van der Waals surface area contributed by atoms with Crippen molar-refractivity contribution in [1.82, 2.24) is 10.2 Å². The number of nitrogens with zero attached hydrogens (tertiary/aromatic N) is 2. The Morgan fingerprint density at radius 1 is 1.27 bits per heavy atom. The Morgan fingerprint density at radius 3 is 2.55 bits per heavy atom. The summed E-state index contributed by atoms with van der Waals surface area (Å²) in [6, 6.07) is 2.63. The van der Waals surface area contributed by atoms with E-state index in [9.17, 15) is 24.3 Å². The van der Waals surface area contributed by atoms with Gasteiger partial charge in [0.2, 0.25) is 11.8 Å². The molecule has 0 radical (unpaired) electrons. The number of alkyl carbamates (subject to hydrolysis) is 1. The van der Waals surface area contributed by atoms with Gasteiger partial charge in [0.15, 0.2) is 5.72 Å². The summed E-state index contributed by atoms with van der Waals surface area (Å²) in [6.07, 6.45) is 1.02. The van der Waals surface area contributed by atoms with Crippen LogP contribution in [0, 0.1) is 5.92 Å². The summed E-state index contributed by atoms with van der Waals surface area (Å²) in [5.74, 6) is -1.63. The number of carbonyl (C=O) groups is 4. The van der Waals surface area contributed by atoms with E-state index in [2.05, 4.69) is 5.32 Å². The number of fused-ring (bicyclic) bond motifs is 5. The Hall–Kier alpha value is -3.36. The topological polar surface area (TPSA) is 156 Å². The van der Waals surface area contributed by atoms with Crippen molar-refractivity contribution >= 4 is 41.2 Å². The van der Waals surface area contributed by atoms with E-state index in [1.807, 2.05) is 13.0 Å². The number of methoxy groups -OCH3 is 2. The third kappa shape index (κ3) is 8.51. The smallest absolute Gasteiger partial charge is 1.00 e. The number of allylic oxidation sites excluding steroid dienone is 3. The lowest BCUT2D eigenvalue weighted by atomic mass is 9.83. The van der Waals surface area contributed by atoms with Crippen LogP contribution in [-0.4, -0.2) is 104 Å². The van der Waals surface area contributed by atoms with E-state index >= 15 is 0 Å². The molecule has 2 saturated heterocycles. The Balaban J connectivity index is 0.00000433. The first-order valence-corrected chi connectivity index (χ1v) is 16.2. The lowest BCUT2D eigenvalue weighted by Crippen LogP contribution is -3.00. The van der Waals surface area contributed by atoms with Crippen LogP contribution in [0.25, 0.3) is 0 Å². The number of likely N-dealkylation sites (N-methyl/N-ethyl adjacent to an activating group) is 1. The number of rotatable bonds is 5. The molecule has 3 aliphatic heterocycles. The van der Waals surface area contributed by atoms with Gasteiger partial charge >= 0.3 is 13.5 Å². The quantitative estimate of drug-likeness (QED) is 0.326. The summed E-state index contributed by atoms with van der Waals surface area (Å²) < 4.78 is 28.9. The third-order valence-corrected chi connectivity index (χ3v) is 10.0. The first-order chi connectivity index (χ1) is 22.4. The summed E-state index contributed by atoms with van der Waals surface area (Å²) in [5.41, 5.74) is -0.871. The molecule has 13 nitrogen and oxygen atoms in total. The first kappa shape index (κ1) is 40.1. The number of esters is 1. The van der Waals surface area contributed by atoms with E-state index in [0.29, 0.717) is 17.9 Å². The van der Waals surface area contributed by atoms with Gasteiger partial charge in [0.05, 0.1) is 25.3 Å². The summed E-state index contributed by atoms with van der Waals surface area (Å²) in [5, 5.41) is 14.4. The second kappa shape index (κ2) is 15.7. The fourth-order valence-corrected chi connectivity index (χ4v) is 6.59. The van der Waals surface area contributed by atoms with Crippen molar-refractivity contribution in [3.63, 3.8) is 0 Å². The van der Waals surface area contributed by atoms with Gasteiger partial charge in [-0.3, -0.25) is 14.9 Å². The molecule has 1 aromatic rings. The second-order valence-electron chi connectivity index (χ2n) is 13.0. The zero-order valence-corrected chi connectivity index (χ0v) is 30.8. The molecule has 3 heterocycles. The largest absolute Gasteiger partial charge is 1.00 e. The summed E-state index contributed by atoms with van der Waals surface area (Å²) in [7, 11) is 5.97. The minimum Gasteiger partial charge on any atom is -1.00 e. The average Bonchev–Trinajstić information content (AvgIpc) is 3.73. The predicted octanol–water partition coefficient (Wildman–Crippen LogP) is 0.651. The standard InChI is InChI=1S/C34H46ClN3O10.ClH/c1-18-11-10-12-26(45-9)34(43)17-25(46-32(42)36-34)19(2)30-33(5,48-30)27(47-31(41)20(3)37(6)21(4)39)16-28(40)38(7)23-14-22(13-18)15-24(44-8)29(23)35;/h10-12,14-15,19-20,25-27,30,43H,13,16-17H2,1-9H3,(H,36,42);1H/b12-10-,18-11-;/t19-,20+,25+,26-,27+,30+,33+,34+;/m1./s1. The lowest BCUT2D eigenvalue weighted by Gasteiger charge is -2.42. The van der Waals surface area contributed by atoms with Gasteiger partial charge in [-0.2, -0.15) is 0 Å². The van der Waals surface area contributed by atoms with Crippen molar-refractivity contribution in [1.29, 1.82) is 0 Å². The van der Waals surface area contributed by atoms with Gasteiger partial charge in [0.1, 0.15) is 40.7 Å². The Morgan fingerprint density at radius 2 is 1.94 bits per heavy atom. The van der Waals surface area contributed by atoms with E-state index in [1.165, 1.54) is 44.9 Å².